The molecule has 3 rings (SSSR count). The number of hydrogen-bond donors (Lipinski definition) is 0. The molecule has 21 heavy (non-hydrogen) atoms. The normalized spacial score (nSPS) is 11.7. The minimum absolute atomic E-state index is 0.0474. The Kier molecular flexibility index (Phi) is 3.30. The highest BCUT2D eigenvalue weighted by molar-refractivity contribution is 7.07. The van der Waals surface area contributed by atoms with Crippen molar-refractivity contribution in [2.75, 3.05) is 0 Å². The Hall–Kier alpha value is -2.12. The van der Waals surface area contributed by atoms with E-state index in [1.165, 1.54) is 5.56 Å². The first kappa shape index (κ1) is 13.8. The molecule has 106 valence electrons. The van der Waals surface area contributed by atoms with Crippen molar-refractivity contribution in [1.29, 1.82) is 5.26 Å². The van der Waals surface area contributed by atoms with Crippen LogP contribution >= 0.6 is 11.3 Å². The van der Waals surface area contributed by atoms with E-state index in [2.05, 4.69) is 48.2 Å². The van der Waals surface area contributed by atoms with E-state index in [0.717, 1.165) is 23.3 Å². The molecule has 2 aromatic heterocycles. The van der Waals surface area contributed by atoms with Crippen molar-refractivity contribution in [2.24, 2.45) is 0 Å². The number of fused-ring (bicyclic) bond motifs is 1. The van der Waals surface area contributed by atoms with E-state index in [4.69, 9.17) is 10.2 Å². The van der Waals surface area contributed by atoms with E-state index in [1.54, 1.807) is 11.3 Å². The maximum Gasteiger partial charge on any atom is 0.114 e. The van der Waals surface area contributed by atoms with Gasteiger partial charge in [0.1, 0.15) is 5.82 Å². The Labute approximate surface area is 128 Å². The fraction of sp³-hybridized carbons (Fsp3) is 0.294. The smallest absolute Gasteiger partial charge is 0.114 e. The number of hydrogen-bond acceptors (Lipinski definition) is 3. The van der Waals surface area contributed by atoms with Gasteiger partial charge in [-0.2, -0.15) is 16.6 Å². The molecule has 3 nitrogen and oxygen atoms in total. The van der Waals surface area contributed by atoms with Gasteiger partial charge in [-0.1, -0.05) is 0 Å². The van der Waals surface area contributed by atoms with Crippen LogP contribution in [0.5, 0.6) is 0 Å². The lowest BCUT2D eigenvalue weighted by Crippen LogP contribution is -2.24. The second-order valence-electron chi connectivity index (χ2n) is 6.16. The van der Waals surface area contributed by atoms with Crippen LogP contribution in [-0.4, -0.2) is 9.55 Å². The van der Waals surface area contributed by atoms with E-state index in [-0.39, 0.29) is 5.54 Å². The Balaban J connectivity index is 2.20. The van der Waals surface area contributed by atoms with E-state index in [1.807, 2.05) is 18.2 Å². The maximum atomic E-state index is 9.06. The molecule has 2 heterocycles. The van der Waals surface area contributed by atoms with Gasteiger partial charge in [-0.15, -0.1) is 0 Å². The number of benzene rings is 1. The van der Waals surface area contributed by atoms with Gasteiger partial charge in [-0.3, -0.25) is 0 Å². The predicted molar refractivity (Wildman–Crippen MR) is 86.6 cm³/mol. The van der Waals surface area contributed by atoms with Crippen molar-refractivity contribution in [3.63, 3.8) is 0 Å². The monoisotopic (exact) mass is 295 g/mol. The van der Waals surface area contributed by atoms with Crippen molar-refractivity contribution < 1.29 is 0 Å². The van der Waals surface area contributed by atoms with E-state index in [9.17, 15) is 0 Å². The molecule has 0 spiro atoms. The first-order valence-electron chi connectivity index (χ1n) is 6.92. The standard InChI is InChI=1S/C17H17N3S/c1-17(2,3)20-15-5-4-12(10-18)8-14(15)19-16(20)9-13-6-7-21-11-13/h4-8,11H,9H2,1-3H3. The van der Waals surface area contributed by atoms with Gasteiger partial charge in [-0.05, 0) is 61.4 Å². The van der Waals surface area contributed by atoms with Gasteiger partial charge in [0, 0.05) is 12.0 Å². The molecular weight excluding hydrogens is 278 g/mol. The lowest BCUT2D eigenvalue weighted by molar-refractivity contribution is 0.396. The molecule has 0 saturated heterocycles. The van der Waals surface area contributed by atoms with Crippen LogP contribution in [0.15, 0.2) is 35.0 Å². The van der Waals surface area contributed by atoms with E-state index in [0.29, 0.717) is 5.56 Å². The lowest BCUT2D eigenvalue weighted by Gasteiger charge is -2.24. The minimum atomic E-state index is -0.0474. The second kappa shape index (κ2) is 5.01. The molecule has 0 aliphatic carbocycles. The van der Waals surface area contributed by atoms with Gasteiger partial charge in [-0.25, -0.2) is 4.98 Å². The first-order chi connectivity index (χ1) is 9.99. The quantitative estimate of drug-likeness (QED) is 0.706. The fourth-order valence-electron chi connectivity index (χ4n) is 2.64. The summed E-state index contributed by atoms with van der Waals surface area (Å²) in [4.78, 5) is 4.78. The summed E-state index contributed by atoms with van der Waals surface area (Å²) in [5.41, 5.74) is 3.87. The van der Waals surface area contributed by atoms with Crippen molar-refractivity contribution in [2.45, 2.75) is 32.7 Å². The number of nitriles is 1. The van der Waals surface area contributed by atoms with Gasteiger partial charge in [0.25, 0.3) is 0 Å². The Bertz CT molecular complexity index is 814. The van der Waals surface area contributed by atoms with Crippen molar-refractivity contribution in [3.05, 3.63) is 52.0 Å². The molecule has 1 aromatic carbocycles. The predicted octanol–water partition coefficient (Wildman–Crippen LogP) is 4.32. The van der Waals surface area contributed by atoms with E-state index >= 15 is 0 Å². The fourth-order valence-corrected chi connectivity index (χ4v) is 3.31. The zero-order valence-corrected chi connectivity index (χ0v) is 13.2. The number of nitrogens with zero attached hydrogens (tertiary/aromatic N) is 3. The number of thiophene rings is 1. The molecule has 0 bridgehead atoms. The lowest BCUT2D eigenvalue weighted by atomic mass is 10.1. The third-order valence-electron chi connectivity index (χ3n) is 3.47. The Morgan fingerprint density at radius 2 is 2.10 bits per heavy atom. The van der Waals surface area contributed by atoms with Crippen molar-refractivity contribution in [1.82, 2.24) is 9.55 Å². The topological polar surface area (TPSA) is 41.6 Å². The molecule has 0 aliphatic heterocycles. The average Bonchev–Trinajstić information content (AvgIpc) is 3.03. The SMILES string of the molecule is CC(C)(C)n1c(Cc2ccsc2)nc2cc(C#N)ccc21. The summed E-state index contributed by atoms with van der Waals surface area (Å²) in [6, 6.07) is 10.1. The summed E-state index contributed by atoms with van der Waals surface area (Å²) in [5.74, 6) is 1.05. The van der Waals surface area contributed by atoms with Crippen LogP contribution in [0.2, 0.25) is 0 Å². The van der Waals surface area contributed by atoms with Crippen LogP contribution < -0.4 is 0 Å². The maximum absolute atomic E-state index is 9.06. The summed E-state index contributed by atoms with van der Waals surface area (Å²) >= 11 is 1.71. The van der Waals surface area contributed by atoms with E-state index < -0.39 is 0 Å². The van der Waals surface area contributed by atoms with Gasteiger partial charge >= 0.3 is 0 Å². The summed E-state index contributed by atoms with van der Waals surface area (Å²) in [7, 11) is 0. The van der Waals surface area contributed by atoms with Gasteiger partial charge in [0.2, 0.25) is 0 Å². The number of aromatic nitrogens is 2. The molecular formula is C17H17N3S. The van der Waals surface area contributed by atoms with Crippen LogP contribution in [0.1, 0.15) is 37.7 Å². The number of rotatable bonds is 2. The highest BCUT2D eigenvalue weighted by Gasteiger charge is 2.21. The van der Waals surface area contributed by atoms with Crippen LogP contribution in [0.3, 0.4) is 0 Å². The minimum Gasteiger partial charge on any atom is -0.322 e. The third kappa shape index (κ3) is 2.57. The van der Waals surface area contributed by atoms with Crippen molar-refractivity contribution >= 4 is 22.4 Å². The molecule has 0 aliphatic rings. The van der Waals surface area contributed by atoms with Crippen LogP contribution in [-0.2, 0) is 12.0 Å². The average molecular weight is 295 g/mol. The zero-order chi connectivity index (χ0) is 15.0. The second-order valence-corrected chi connectivity index (χ2v) is 6.94. The molecule has 4 heteroatoms. The molecule has 0 saturated carbocycles. The summed E-state index contributed by atoms with van der Waals surface area (Å²) in [6.45, 7) is 6.55. The van der Waals surface area contributed by atoms with Crippen LogP contribution in [0.25, 0.3) is 11.0 Å². The number of imidazole rings is 1. The van der Waals surface area contributed by atoms with Crippen molar-refractivity contribution in [3.8, 4) is 6.07 Å². The largest absolute Gasteiger partial charge is 0.322 e. The van der Waals surface area contributed by atoms with Gasteiger partial charge in [0.15, 0.2) is 0 Å². The van der Waals surface area contributed by atoms with Crippen LogP contribution in [0, 0.1) is 11.3 Å². The Morgan fingerprint density at radius 1 is 1.29 bits per heavy atom. The summed E-state index contributed by atoms with van der Waals surface area (Å²) in [6.07, 6.45) is 0.817. The third-order valence-corrected chi connectivity index (χ3v) is 4.20. The molecule has 0 N–H and O–H groups in total. The summed E-state index contributed by atoms with van der Waals surface area (Å²) in [5, 5.41) is 13.3. The first-order valence-corrected chi connectivity index (χ1v) is 7.86. The van der Waals surface area contributed by atoms with Crippen LogP contribution in [0.4, 0.5) is 0 Å². The molecule has 0 fully saturated rings. The highest BCUT2D eigenvalue weighted by atomic mass is 32.1. The Morgan fingerprint density at radius 3 is 2.71 bits per heavy atom. The molecule has 3 aromatic rings. The summed E-state index contributed by atoms with van der Waals surface area (Å²) < 4.78 is 2.28. The molecule has 0 unspecified atom stereocenters. The molecule has 0 radical (unpaired) electrons. The van der Waals surface area contributed by atoms with Gasteiger partial charge < -0.3 is 4.57 Å². The van der Waals surface area contributed by atoms with Gasteiger partial charge in [0.05, 0.1) is 22.7 Å². The highest BCUT2D eigenvalue weighted by Crippen LogP contribution is 2.27. The molecule has 0 atom stereocenters. The zero-order valence-electron chi connectivity index (χ0n) is 12.4. The molecule has 0 amide bonds.